The number of aliphatic carboxylic acids is 1. The molecule has 0 saturated heterocycles. The number of hydrogen-bond acceptors (Lipinski definition) is 7. The van der Waals surface area contributed by atoms with Crippen LogP contribution in [-0.2, 0) is 25.7 Å². The number of allylic oxidation sites excluding steroid dienone is 2. The number of ketones is 1. The molecule has 57 heavy (non-hydrogen) atoms. The molecule has 4 saturated carbocycles. The molecular formula is C49H76N2O6. The first-order chi connectivity index (χ1) is 26.5. The van der Waals surface area contributed by atoms with Crippen LogP contribution in [0.25, 0.3) is 0 Å². The molecule has 8 nitrogen and oxygen atoms in total. The molecule has 1 aromatic carbocycles. The van der Waals surface area contributed by atoms with Crippen molar-refractivity contribution in [3.8, 4) is 0 Å². The van der Waals surface area contributed by atoms with Crippen LogP contribution in [0.2, 0.25) is 0 Å². The smallest absolute Gasteiger partial charge is 0.309 e. The van der Waals surface area contributed by atoms with Crippen molar-refractivity contribution in [2.45, 2.75) is 146 Å². The highest BCUT2D eigenvalue weighted by Crippen LogP contribution is 2.76. The van der Waals surface area contributed by atoms with E-state index >= 15 is 0 Å². The van der Waals surface area contributed by atoms with Crippen LogP contribution in [0.4, 0.5) is 0 Å². The summed E-state index contributed by atoms with van der Waals surface area (Å²) in [5.74, 6) is 0.301. The van der Waals surface area contributed by atoms with Gasteiger partial charge in [-0.3, -0.25) is 19.3 Å². The van der Waals surface area contributed by atoms with Crippen molar-refractivity contribution in [3.05, 3.63) is 46.5 Å². The number of carboxylic acids is 1. The Hall–Kier alpha value is -2.55. The van der Waals surface area contributed by atoms with Gasteiger partial charge >= 0.3 is 11.9 Å². The maximum atomic E-state index is 14.1. The number of aryl methyl sites for hydroxylation is 1. The third-order valence-electron chi connectivity index (χ3n) is 17.1. The molecule has 10 atom stereocenters. The maximum absolute atomic E-state index is 14.1. The molecule has 1 unspecified atom stereocenters. The largest absolute Gasteiger partial charge is 0.481 e. The number of carboxylic acid groups (broad SMARTS) is 1. The molecule has 0 aromatic heterocycles. The number of esters is 1. The fourth-order valence-corrected chi connectivity index (χ4v) is 13.9. The zero-order chi connectivity index (χ0) is 42.0. The minimum atomic E-state index is -1.17. The zero-order valence-electron chi connectivity index (χ0n) is 37.5. The summed E-state index contributed by atoms with van der Waals surface area (Å²) in [6.45, 7) is 25.0. The number of fused-ring (bicyclic) bond motifs is 7. The lowest BCUT2D eigenvalue weighted by Gasteiger charge is -2.72. The normalized spacial score (nSPS) is 35.5. The van der Waals surface area contributed by atoms with Crippen molar-refractivity contribution in [1.82, 2.24) is 9.80 Å². The molecule has 8 heteroatoms. The van der Waals surface area contributed by atoms with Crippen molar-refractivity contribution in [2.24, 2.45) is 62.6 Å². The predicted molar refractivity (Wildman–Crippen MR) is 226 cm³/mol. The van der Waals surface area contributed by atoms with Crippen molar-refractivity contribution in [2.75, 3.05) is 33.7 Å². The van der Waals surface area contributed by atoms with Gasteiger partial charge in [0.1, 0.15) is 6.10 Å². The molecule has 0 amide bonds. The van der Waals surface area contributed by atoms with E-state index in [1.165, 1.54) is 16.7 Å². The summed E-state index contributed by atoms with van der Waals surface area (Å²) in [4.78, 5) is 43.7. The second-order valence-corrected chi connectivity index (χ2v) is 22.0. The molecule has 2 N–H and O–H groups in total. The van der Waals surface area contributed by atoms with Crippen molar-refractivity contribution in [1.29, 1.82) is 0 Å². The molecule has 318 valence electrons. The summed E-state index contributed by atoms with van der Waals surface area (Å²) in [7, 11) is 4.21. The minimum Gasteiger partial charge on any atom is -0.481 e. The number of benzene rings is 1. The Labute approximate surface area is 344 Å². The number of rotatable bonds is 13. The summed E-state index contributed by atoms with van der Waals surface area (Å²) < 4.78 is 6.22. The van der Waals surface area contributed by atoms with E-state index in [0.717, 1.165) is 70.2 Å². The average molecular weight is 789 g/mol. The van der Waals surface area contributed by atoms with Gasteiger partial charge in [0.05, 0.1) is 17.9 Å². The molecular weight excluding hydrogens is 713 g/mol. The molecule has 0 spiro atoms. The van der Waals surface area contributed by atoms with Crippen LogP contribution in [-0.4, -0.2) is 83.7 Å². The maximum Gasteiger partial charge on any atom is 0.309 e. The van der Waals surface area contributed by atoms with Gasteiger partial charge in [-0.2, -0.15) is 0 Å². The van der Waals surface area contributed by atoms with Crippen LogP contribution in [0.5, 0.6) is 0 Å². The number of carbonyl (C=O) groups is 3. The van der Waals surface area contributed by atoms with Gasteiger partial charge in [-0.15, -0.1) is 0 Å². The van der Waals surface area contributed by atoms with Gasteiger partial charge in [-0.1, -0.05) is 83.9 Å². The van der Waals surface area contributed by atoms with Crippen LogP contribution in [0, 0.1) is 69.5 Å². The van der Waals surface area contributed by atoms with E-state index in [0.29, 0.717) is 36.5 Å². The van der Waals surface area contributed by atoms with Gasteiger partial charge in [0.15, 0.2) is 5.78 Å². The molecule has 1 aromatic rings. The first-order valence-electron chi connectivity index (χ1n) is 22.3. The van der Waals surface area contributed by atoms with Crippen molar-refractivity contribution in [3.63, 3.8) is 0 Å². The Morgan fingerprint density at radius 3 is 2.21 bits per heavy atom. The summed E-state index contributed by atoms with van der Waals surface area (Å²) in [6.07, 6.45) is 6.55. The Morgan fingerprint density at radius 2 is 1.60 bits per heavy atom. The van der Waals surface area contributed by atoms with Crippen molar-refractivity contribution >= 4 is 17.7 Å². The van der Waals surface area contributed by atoms with E-state index in [-0.39, 0.29) is 51.9 Å². The van der Waals surface area contributed by atoms with Gasteiger partial charge in [-0.25, -0.2) is 0 Å². The Balaban J connectivity index is 1.31. The number of aliphatic hydroxyl groups is 1. The lowest BCUT2D eigenvalue weighted by molar-refractivity contribution is -0.237. The molecule has 4 fully saturated rings. The van der Waals surface area contributed by atoms with Gasteiger partial charge in [0.2, 0.25) is 0 Å². The zero-order valence-corrected chi connectivity index (χ0v) is 37.5. The van der Waals surface area contributed by atoms with Gasteiger partial charge in [-0.05, 0) is 143 Å². The van der Waals surface area contributed by atoms with E-state index in [1.807, 2.05) is 0 Å². The van der Waals surface area contributed by atoms with E-state index in [4.69, 9.17) is 4.74 Å². The molecule has 0 aliphatic heterocycles. The van der Waals surface area contributed by atoms with Gasteiger partial charge < -0.3 is 19.8 Å². The predicted octanol–water partition coefficient (Wildman–Crippen LogP) is 8.97. The van der Waals surface area contributed by atoms with Gasteiger partial charge in [0, 0.05) is 38.0 Å². The Morgan fingerprint density at radius 1 is 0.930 bits per heavy atom. The quantitative estimate of drug-likeness (QED) is 0.191. The number of Topliss-reactive ketones (excluding diaryl/α,β-unsaturated/α-hetero) is 1. The third-order valence-corrected chi connectivity index (χ3v) is 17.1. The SMILES string of the molecule is Cc1ccc(CN(CCN(C)C)C[C@H](O)[C@H]2C[C@]3(C)[C@H](CC[C@@H]4[C@@]5(C)CC[C@H](OC(=O)CC(C)(C)C(=O)O)C(C)(C)[C@@H]5CC[C@]43C)C3=C(C(C)C)C(=O)CC32)cc1. The third kappa shape index (κ3) is 7.83. The summed E-state index contributed by atoms with van der Waals surface area (Å²) in [5.41, 5.74) is 3.48. The highest BCUT2D eigenvalue weighted by atomic mass is 16.5. The number of nitrogens with zero attached hydrogens (tertiary/aromatic N) is 2. The van der Waals surface area contributed by atoms with E-state index in [2.05, 4.69) is 104 Å². The fraction of sp³-hybridized carbons (Fsp3) is 0.776. The second kappa shape index (κ2) is 15.8. The number of likely N-dealkylation sites (N-methyl/N-ethyl adjacent to an activating group) is 1. The molecule has 5 aliphatic rings. The van der Waals surface area contributed by atoms with Crippen LogP contribution in [0.1, 0.15) is 131 Å². The van der Waals surface area contributed by atoms with E-state index < -0.39 is 23.5 Å². The van der Waals surface area contributed by atoms with Crippen LogP contribution < -0.4 is 0 Å². The average Bonchev–Trinajstić information content (AvgIpc) is 3.45. The summed E-state index contributed by atoms with van der Waals surface area (Å²) in [5, 5.41) is 22.3. The first kappa shape index (κ1) is 44.0. The standard InChI is InChI=1S/C49H76N2O6/c1-30(2)42-36(52)25-33-34(37(53)29-51(24-23-50(11)12)28-32-15-13-31(3)14-16-32)26-49(10)35(43(33)42)17-18-39-47(8)21-20-40(57-41(54)27-45(4,5)44(55)56)46(6,7)38(47)19-22-48(39,49)9/h13-16,30,33-35,37-40,53H,17-29H2,1-12H3,(H,55,56)/t33?,34-,35+,37-,38-,39+,40-,47-,48+,49+/m0/s1. The number of aliphatic hydroxyl groups excluding tert-OH is 1. The van der Waals surface area contributed by atoms with Crippen molar-refractivity contribution < 1.29 is 29.3 Å². The molecule has 5 aliphatic carbocycles. The topological polar surface area (TPSA) is 107 Å². The molecule has 0 radical (unpaired) electrons. The van der Waals surface area contributed by atoms with E-state index in [1.54, 1.807) is 13.8 Å². The van der Waals surface area contributed by atoms with E-state index in [9.17, 15) is 24.6 Å². The fourth-order valence-electron chi connectivity index (χ4n) is 13.9. The summed E-state index contributed by atoms with van der Waals surface area (Å²) in [6, 6.07) is 8.76. The lowest BCUT2D eigenvalue weighted by atomic mass is 9.33. The Bertz CT molecular complexity index is 1710. The number of carbonyl (C=O) groups excluding carboxylic acids is 2. The van der Waals surface area contributed by atoms with Crippen LogP contribution in [0.3, 0.4) is 0 Å². The number of hydrogen-bond donors (Lipinski definition) is 2. The first-order valence-corrected chi connectivity index (χ1v) is 22.3. The lowest BCUT2D eigenvalue weighted by Crippen LogP contribution is -2.66. The van der Waals surface area contributed by atoms with Gasteiger partial charge in [0.25, 0.3) is 0 Å². The Kier molecular flexibility index (Phi) is 12.2. The van der Waals surface area contributed by atoms with Crippen LogP contribution in [0.15, 0.2) is 35.4 Å². The highest BCUT2D eigenvalue weighted by Gasteiger charge is 2.70. The molecule has 0 heterocycles. The summed E-state index contributed by atoms with van der Waals surface area (Å²) >= 11 is 0. The van der Waals surface area contributed by atoms with Crippen LogP contribution >= 0.6 is 0 Å². The number of ether oxygens (including phenoxy) is 1. The highest BCUT2D eigenvalue weighted by molar-refractivity contribution is 6.00. The monoisotopic (exact) mass is 789 g/mol. The minimum absolute atomic E-state index is 0.00243. The molecule has 0 bridgehead atoms. The second-order valence-electron chi connectivity index (χ2n) is 22.0. The molecule has 6 rings (SSSR count).